The third-order valence-corrected chi connectivity index (χ3v) is 4.12. The van der Waals surface area contributed by atoms with Gasteiger partial charge in [0.2, 0.25) is 11.8 Å². The molecule has 0 unspecified atom stereocenters. The molecule has 0 bridgehead atoms. The number of hydrogen-bond acceptors (Lipinski definition) is 6. The lowest BCUT2D eigenvalue weighted by Crippen LogP contribution is -2.44. The fourth-order valence-electron chi connectivity index (χ4n) is 1.97. The molecule has 0 aliphatic rings. The molecular weight excluding hydrogens is 336 g/mol. The monoisotopic (exact) mass is 358 g/mol. The minimum Gasteiger partial charge on any atom is -0.497 e. The highest BCUT2D eigenvalue weighted by Crippen LogP contribution is 2.29. The van der Waals surface area contributed by atoms with Crippen molar-refractivity contribution in [3.63, 3.8) is 0 Å². The molecular formula is C15H22N2O6S. The van der Waals surface area contributed by atoms with Gasteiger partial charge < -0.3 is 20.1 Å². The Morgan fingerprint density at radius 3 is 2.38 bits per heavy atom. The van der Waals surface area contributed by atoms with Crippen LogP contribution in [-0.2, 0) is 19.4 Å². The quantitative estimate of drug-likeness (QED) is 0.703. The van der Waals surface area contributed by atoms with Crippen molar-refractivity contribution in [2.24, 2.45) is 0 Å². The fraction of sp³-hybridized carbons (Fsp3) is 0.467. The molecule has 24 heavy (non-hydrogen) atoms. The molecule has 1 aromatic carbocycles. The Labute approximate surface area is 141 Å². The van der Waals surface area contributed by atoms with Crippen LogP contribution in [0.15, 0.2) is 18.2 Å². The fourth-order valence-corrected chi connectivity index (χ4v) is 2.63. The summed E-state index contributed by atoms with van der Waals surface area (Å²) in [7, 11) is -0.307. The molecule has 0 aliphatic heterocycles. The number of hydrogen-bond donors (Lipinski definition) is 2. The Bertz CT molecular complexity index is 702. The molecule has 1 atom stereocenters. The van der Waals surface area contributed by atoms with Gasteiger partial charge in [-0.2, -0.15) is 0 Å². The van der Waals surface area contributed by atoms with Gasteiger partial charge in [-0.15, -0.1) is 0 Å². The standard InChI is InChI=1S/C15H22N2O6S/c1-10(18)16-13(7-8-24(4,20)21)15(19)17-12-6-5-11(22-2)9-14(12)23-3/h5-6,9,13H,7-8H2,1-4H3,(H,16,18)(H,17,19)/t13-/m1/s1. The van der Waals surface area contributed by atoms with Gasteiger partial charge in [0.25, 0.3) is 0 Å². The molecule has 0 saturated heterocycles. The molecule has 0 saturated carbocycles. The number of benzene rings is 1. The van der Waals surface area contributed by atoms with E-state index < -0.39 is 27.7 Å². The van der Waals surface area contributed by atoms with Crippen LogP contribution >= 0.6 is 0 Å². The van der Waals surface area contributed by atoms with E-state index in [1.807, 2.05) is 0 Å². The largest absolute Gasteiger partial charge is 0.497 e. The average Bonchev–Trinajstić information content (AvgIpc) is 2.50. The van der Waals surface area contributed by atoms with E-state index in [2.05, 4.69) is 10.6 Å². The number of nitrogens with one attached hydrogen (secondary N) is 2. The molecule has 0 heterocycles. The van der Waals surface area contributed by atoms with E-state index in [4.69, 9.17) is 9.47 Å². The van der Waals surface area contributed by atoms with Gasteiger partial charge in [0.15, 0.2) is 0 Å². The molecule has 0 aromatic heterocycles. The first-order chi connectivity index (χ1) is 11.2. The molecule has 1 aromatic rings. The molecule has 0 radical (unpaired) electrons. The average molecular weight is 358 g/mol. The molecule has 2 N–H and O–H groups in total. The summed E-state index contributed by atoms with van der Waals surface area (Å²) in [4.78, 5) is 23.6. The minimum absolute atomic E-state index is 0.0251. The molecule has 0 fully saturated rings. The molecule has 0 aliphatic carbocycles. The molecule has 0 spiro atoms. The van der Waals surface area contributed by atoms with E-state index in [0.717, 1.165) is 6.26 Å². The van der Waals surface area contributed by atoms with Crippen molar-refractivity contribution >= 4 is 27.3 Å². The van der Waals surface area contributed by atoms with Gasteiger partial charge in [0, 0.05) is 19.2 Å². The Balaban J connectivity index is 2.92. The Hall–Kier alpha value is -2.29. The van der Waals surface area contributed by atoms with Gasteiger partial charge in [-0.1, -0.05) is 0 Å². The Morgan fingerprint density at radius 1 is 1.21 bits per heavy atom. The number of carbonyl (C=O) groups is 2. The van der Waals surface area contributed by atoms with Crippen LogP contribution in [-0.4, -0.2) is 52.5 Å². The van der Waals surface area contributed by atoms with Crippen LogP contribution in [0, 0.1) is 0 Å². The van der Waals surface area contributed by atoms with Crippen molar-refractivity contribution in [3.05, 3.63) is 18.2 Å². The van der Waals surface area contributed by atoms with Crippen LogP contribution in [0.5, 0.6) is 11.5 Å². The van der Waals surface area contributed by atoms with E-state index in [1.165, 1.54) is 21.1 Å². The number of anilines is 1. The van der Waals surface area contributed by atoms with Crippen molar-refractivity contribution < 1.29 is 27.5 Å². The molecule has 1 rings (SSSR count). The maximum Gasteiger partial charge on any atom is 0.247 e. The van der Waals surface area contributed by atoms with Crippen molar-refractivity contribution in [2.75, 3.05) is 31.5 Å². The summed E-state index contributed by atoms with van der Waals surface area (Å²) in [5, 5.41) is 5.08. The van der Waals surface area contributed by atoms with Gasteiger partial charge in [-0.25, -0.2) is 8.42 Å². The van der Waals surface area contributed by atoms with E-state index in [9.17, 15) is 18.0 Å². The zero-order valence-electron chi connectivity index (χ0n) is 14.1. The number of sulfone groups is 1. The predicted molar refractivity (Wildman–Crippen MR) is 90.1 cm³/mol. The minimum atomic E-state index is -3.26. The SMILES string of the molecule is COc1ccc(NC(=O)[C@@H](CCS(C)(=O)=O)NC(C)=O)c(OC)c1. The summed E-state index contributed by atoms with van der Waals surface area (Å²) in [5.74, 6) is -0.235. The summed E-state index contributed by atoms with van der Waals surface area (Å²) in [6.45, 7) is 1.26. The molecule has 134 valence electrons. The van der Waals surface area contributed by atoms with Crippen LogP contribution < -0.4 is 20.1 Å². The van der Waals surface area contributed by atoms with Crippen LogP contribution in [0.25, 0.3) is 0 Å². The number of rotatable bonds is 8. The van der Waals surface area contributed by atoms with Crippen LogP contribution in [0.1, 0.15) is 13.3 Å². The first-order valence-electron chi connectivity index (χ1n) is 7.14. The highest BCUT2D eigenvalue weighted by molar-refractivity contribution is 7.90. The van der Waals surface area contributed by atoms with E-state index in [1.54, 1.807) is 18.2 Å². The lowest BCUT2D eigenvalue weighted by Gasteiger charge is -2.18. The van der Waals surface area contributed by atoms with Crippen LogP contribution in [0.3, 0.4) is 0 Å². The zero-order valence-corrected chi connectivity index (χ0v) is 14.9. The van der Waals surface area contributed by atoms with Crippen molar-refractivity contribution in [1.29, 1.82) is 0 Å². The summed E-state index contributed by atoms with van der Waals surface area (Å²) >= 11 is 0. The van der Waals surface area contributed by atoms with Crippen molar-refractivity contribution in [3.8, 4) is 11.5 Å². The van der Waals surface area contributed by atoms with Gasteiger partial charge in [0.05, 0.1) is 25.7 Å². The topological polar surface area (TPSA) is 111 Å². The number of amides is 2. The lowest BCUT2D eigenvalue weighted by molar-refractivity contribution is -0.125. The number of ether oxygens (including phenoxy) is 2. The third kappa shape index (κ3) is 6.45. The Morgan fingerprint density at radius 2 is 1.88 bits per heavy atom. The zero-order chi connectivity index (χ0) is 18.3. The van der Waals surface area contributed by atoms with Gasteiger partial charge in [-0.3, -0.25) is 9.59 Å². The maximum absolute atomic E-state index is 12.4. The summed E-state index contributed by atoms with van der Waals surface area (Å²) in [6, 6.07) is 3.86. The van der Waals surface area contributed by atoms with Gasteiger partial charge in [-0.05, 0) is 18.6 Å². The van der Waals surface area contributed by atoms with E-state index in [0.29, 0.717) is 17.2 Å². The van der Waals surface area contributed by atoms with Gasteiger partial charge in [0.1, 0.15) is 27.4 Å². The summed E-state index contributed by atoms with van der Waals surface area (Å²) < 4.78 is 32.9. The van der Waals surface area contributed by atoms with Crippen molar-refractivity contribution in [1.82, 2.24) is 5.32 Å². The molecule has 2 amide bonds. The third-order valence-electron chi connectivity index (χ3n) is 3.14. The lowest BCUT2D eigenvalue weighted by atomic mass is 10.2. The number of carbonyl (C=O) groups excluding carboxylic acids is 2. The molecule has 8 nitrogen and oxygen atoms in total. The first kappa shape index (κ1) is 19.8. The van der Waals surface area contributed by atoms with E-state index in [-0.39, 0.29) is 12.2 Å². The first-order valence-corrected chi connectivity index (χ1v) is 9.20. The van der Waals surface area contributed by atoms with E-state index >= 15 is 0 Å². The predicted octanol–water partition coefficient (Wildman–Crippen LogP) is 0.582. The van der Waals surface area contributed by atoms with Crippen LogP contribution in [0.4, 0.5) is 5.69 Å². The second-order valence-corrected chi connectivity index (χ2v) is 7.49. The molecule has 9 heteroatoms. The smallest absolute Gasteiger partial charge is 0.247 e. The summed E-state index contributed by atoms with van der Waals surface area (Å²) in [6.07, 6.45) is 1.05. The van der Waals surface area contributed by atoms with Gasteiger partial charge >= 0.3 is 0 Å². The second-order valence-electron chi connectivity index (χ2n) is 5.23. The summed E-state index contributed by atoms with van der Waals surface area (Å²) in [5.41, 5.74) is 0.387. The highest BCUT2D eigenvalue weighted by atomic mass is 32.2. The normalized spacial score (nSPS) is 12.2. The highest BCUT2D eigenvalue weighted by Gasteiger charge is 2.22. The second kappa shape index (κ2) is 8.53. The maximum atomic E-state index is 12.4. The van der Waals surface area contributed by atoms with Crippen molar-refractivity contribution in [2.45, 2.75) is 19.4 Å². The van der Waals surface area contributed by atoms with Crippen LogP contribution in [0.2, 0.25) is 0 Å². The Kier molecular flexibility index (Phi) is 7.02. The number of methoxy groups -OCH3 is 2.